The van der Waals surface area contributed by atoms with Crippen molar-refractivity contribution in [1.82, 2.24) is 9.88 Å². The number of hydrogen-bond acceptors (Lipinski definition) is 5. The van der Waals surface area contributed by atoms with E-state index in [4.69, 9.17) is 4.74 Å². The number of amides is 2. The number of carbonyl (C=O) groups excluding carboxylic acids is 3. The summed E-state index contributed by atoms with van der Waals surface area (Å²) >= 11 is 3.19. The molecule has 1 aromatic heterocycles. The highest BCUT2D eigenvalue weighted by atomic mass is 79.9. The molecule has 1 aliphatic heterocycles. The van der Waals surface area contributed by atoms with E-state index < -0.39 is 35.7 Å². The summed E-state index contributed by atoms with van der Waals surface area (Å²) in [6.45, 7) is 6.33. The fourth-order valence-corrected chi connectivity index (χ4v) is 3.26. The summed E-state index contributed by atoms with van der Waals surface area (Å²) < 4.78 is 20.8. The van der Waals surface area contributed by atoms with Crippen molar-refractivity contribution in [2.75, 3.05) is 11.9 Å². The first-order chi connectivity index (χ1) is 12.5. The third-order valence-corrected chi connectivity index (χ3v) is 4.37. The summed E-state index contributed by atoms with van der Waals surface area (Å²) in [5.41, 5.74) is -0.797. The average molecular weight is 444 g/mol. The van der Waals surface area contributed by atoms with E-state index in [1.165, 1.54) is 6.92 Å². The minimum absolute atomic E-state index is 0.0562. The molecule has 0 spiro atoms. The Morgan fingerprint density at radius 3 is 2.59 bits per heavy atom. The van der Waals surface area contributed by atoms with Crippen LogP contribution in [0, 0.1) is 5.92 Å². The van der Waals surface area contributed by atoms with Gasteiger partial charge >= 0.3 is 6.09 Å². The molecule has 0 aromatic carbocycles. The number of hydrogen-bond donors (Lipinski definition) is 1. The molecular weight excluding hydrogens is 421 g/mol. The Hall–Kier alpha value is -2.03. The molecule has 0 radical (unpaired) electrons. The minimum atomic E-state index is -1.69. The van der Waals surface area contributed by atoms with Crippen molar-refractivity contribution >= 4 is 39.5 Å². The van der Waals surface area contributed by atoms with Crippen molar-refractivity contribution in [3.8, 4) is 0 Å². The number of anilines is 1. The van der Waals surface area contributed by atoms with Crippen LogP contribution in [-0.2, 0) is 14.3 Å². The lowest BCUT2D eigenvalue weighted by Crippen LogP contribution is -2.48. The quantitative estimate of drug-likeness (QED) is 0.720. The molecular formula is C18H23BrFN3O4. The molecule has 7 nitrogen and oxygen atoms in total. The van der Waals surface area contributed by atoms with Gasteiger partial charge in [-0.25, -0.2) is 14.2 Å². The number of carbonyl (C=O) groups is 3. The standard InChI is InChI=1S/C18H23BrFN3O4/c1-10(24)8-11-9-23(17(26)27-18(2,3)4)15(14(11)20)16(25)22-13-7-5-6-12(19)21-13/h5-7,11,14-15H,8-9H2,1-4H3,(H,21,22,25)/t11-,14+,15+/m1/s1. The summed E-state index contributed by atoms with van der Waals surface area (Å²) in [6, 6.07) is 3.50. The van der Waals surface area contributed by atoms with E-state index in [0.29, 0.717) is 4.60 Å². The van der Waals surface area contributed by atoms with Gasteiger partial charge in [-0.05, 0) is 55.8 Å². The van der Waals surface area contributed by atoms with Gasteiger partial charge in [-0.3, -0.25) is 9.69 Å². The monoisotopic (exact) mass is 443 g/mol. The second-order valence-corrected chi connectivity index (χ2v) is 8.34. The number of nitrogens with one attached hydrogen (secondary N) is 1. The third kappa shape index (κ3) is 5.72. The van der Waals surface area contributed by atoms with E-state index in [-0.39, 0.29) is 24.6 Å². The molecule has 0 bridgehead atoms. The van der Waals surface area contributed by atoms with Crippen molar-refractivity contribution in [3.05, 3.63) is 22.8 Å². The van der Waals surface area contributed by atoms with Gasteiger partial charge in [-0.2, -0.15) is 0 Å². The van der Waals surface area contributed by atoms with E-state index in [9.17, 15) is 18.8 Å². The smallest absolute Gasteiger partial charge is 0.411 e. The normalized spacial score (nSPS) is 22.4. The van der Waals surface area contributed by atoms with Crippen LogP contribution in [0.2, 0.25) is 0 Å². The van der Waals surface area contributed by atoms with Crippen LogP contribution in [0.3, 0.4) is 0 Å². The van der Waals surface area contributed by atoms with Crippen molar-refractivity contribution in [3.63, 3.8) is 0 Å². The summed E-state index contributed by atoms with van der Waals surface area (Å²) in [4.78, 5) is 41.8. The SMILES string of the molecule is CC(=O)C[C@@H]1CN(C(=O)OC(C)(C)C)[C@H](C(=O)Nc2cccc(Br)n2)[C@H]1F. The predicted octanol–water partition coefficient (Wildman–Crippen LogP) is 3.34. The Morgan fingerprint density at radius 1 is 1.37 bits per heavy atom. The lowest BCUT2D eigenvalue weighted by molar-refractivity contribution is -0.122. The van der Waals surface area contributed by atoms with Crippen LogP contribution in [0.1, 0.15) is 34.1 Å². The number of alkyl halides is 1. The fraction of sp³-hybridized carbons (Fsp3) is 0.556. The maximum absolute atomic E-state index is 15.0. The van der Waals surface area contributed by atoms with Crippen LogP contribution in [0.5, 0.6) is 0 Å². The highest BCUT2D eigenvalue weighted by Gasteiger charge is 2.49. The second kappa shape index (κ2) is 8.33. The topological polar surface area (TPSA) is 88.6 Å². The number of Topliss-reactive ketones (excluding diaryl/α,β-unsaturated/α-hetero) is 1. The largest absolute Gasteiger partial charge is 0.444 e. The molecule has 1 N–H and O–H groups in total. The molecule has 0 unspecified atom stereocenters. The van der Waals surface area contributed by atoms with Crippen LogP contribution >= 0.6 is 15.9 Å². The first-order valence-electron chi connectivity index (χ1n) is 8.54. The highest BCUT2D eigenvalue weighted by molar-refractivity contribution is 9.10. The number of aromatic nitrogens is 1. The van der Waals surface area contributed by atoms with E-state index in [1.807, 2.05) is 0 Å². The first kappa shape index (κ1) is 21.3. The van der Waals surface area contributed by atoms with Crippen molar-refractivity contribution in [2.24, 2.45) is 5.92 Å². The van der Waals surface area contributed by atoms with Crippen molar-refractivity contribution in [2.45, 2.75) is 51.9 Å². The second-order valence-electron chi connectivity index (χ2n) is 7.52. The highest BCUT2D eigenvalue weighted by Crippen LogP contribution is 2.31. The maximum Gasteiger partial charge on any atom is 0.411 e. The minimum Gasteiger partial charge on any atom is -0.444 e. The van der Waals surface area contributed by atoms with E-state index in [1.54, 1.807) is 39.0 Å². The lowest BCUT2D eigenvalue weighted by Gasteiger charge is -2.28. The zero-order chi connectivity index (χ0) is 20.4. The summed E-state index contributed by atoms with van der Waals surface area (Å²) in [5, 5.41) is 2.52. The Morgan fingerprint density at radius 2 is 2.04 bits per heavy atom. The summed E-state index contributed by atoms with van der Waals surface area (Å²) in [6.07, 6.45) is -2.54. The van der Waals surface area contributed by atoms with Gasteiger partial charge in [0.2, 0.25) is 0 Å². The summed E-state index contributed by atoms with van der Waals surface area (Å²) in [7, 11) is 0. The first-order valence-corrected chi connectivity index (χ1v) is 9.34. The zero-order valence-electron chi connectivity index (χ0n) is 15.7. The lowest BCUT2D eigenvalue weighted by atomic mass is 9.97. The number of pyridine rings is 1. The molecule has 9 heteroatoms. The van der Waals surface area contributed by atoms with E-state index in [0.717, 1.165) is 4.90 Å². The van der Waals surface area contributed by atoms with Crippen LogP contribution < -0.4 is 5.32 Å². The molecule has 1 aliphatic rings. The van der Waals surface area contributed by atoms with E-state index in [2.05, 4.69) is 26.2 Å². The Balaban J connectivity index is 2.24. The molecule has 27 heavy (non-hydrogen) atoms. The molecule has 1 saturated heterocycles. The molecule has 1 fully saturated rings. The van der Waals surface area contributed by atoms with Crippen LogP contribution in [0.25, 0.3) is 0 Å². The third-order valence-electron chi connectivity index (χ3n) is 3.93. The number of halogens is 2. The molecule has 2 amide bonds. The summed E-state index contributed by atoms with van der Waals surface area (Å²) in [5.74, 6) is -1.46. The van der Waals surface area contributed by atoms with Gasteiger partial charge < -0.3 is 14.8 Å². The molecule has 148 valence electrons. The number of nitrogens with zero attached hydrogens (tertiary/aromatic N) is 2. The molecule has 0 aliphatic carbocycles. The van der Waals surface area contributed by atoms with Gasteiger partial charge in [0.25, 0.3) is 5.91 Å². The number of ketones is 1. The van der Waals surface area contributed by atoms with Crippen LogP contribution in [0.4, 0.5) is 15.0 Å². The van der Waals surface area contributed by atoms with Gasteiger partial charge in [0.1, 0.15) is 34.0 Å². The number of rotatable bonds is 4. The van der Waals surface area contributed by atoms with Gasteiger partial charge in [0, 0.05) is 18.9 Å². The molecule has 3 atom stereocenters. The molecule has 2 heterocycles. The Bertz CT molecular complexity index is 738. The van der Waals surface area contributed by atoms with Gasteiger partial charge in [0.15, 0.2) is 0 Å². The van der Waals surface area contributed by atoms with Crippen LogP contribution in [0.15, 0.2) is 22.8 Å². The predicted molar refractivity (Wildman–Crippen MR) is 101 cm³/mol. The molecule has 1 aromatic rings. The fourth-order valence-electron chi connectivity index (χ4n) is 2.92. The van der Waals surface area contributed by atoms with Gasteiger partial charge in [-0.1, -0.05) is 6.07 Å². The maximum atomic E-state index is 15.0. The Kier molecular flexibility index (Phi) is 6.56. The van der Waals surface area contributed by atoms with E-state index >= 15 is 0 Å². The molecule has 0 saturated carbocycles. The number of ether oxygens (including phenoxy) is 1. The number of likely N-dealkylation sites (tertiary alicyclic amines) is 1. The Labute approximate surface area is 165 Å². The van der Waals surface area contributed by atoms with Gasteiger partial charge in [0.05, 0.1) is 0 Å². The van der Waals surface area contributed by atoms with Crippen molar-refractivity contribution < 1.29 is 23.5 Å². The zero-order valence-corrected chi connectivity index (χ0v) is 17.2. The van der Waals surface area contributed by atoms with Gasteiger partial charge in [-0.15, -0.1) is 0 Å². The van der Waals surface area contributed by atoms with Crippen molar-refractivity contribution in [1.29, 1.82) is 0 Å². The van der Waals surface area contributed by atoms with Crippen LogP contribution in [-0.4, -0.2) is 52.0 Å². The molecule has 2 rings (SSSR count). The average Bonchev–Trinajstić information content (AvgIpc) is 2.82.